The van der Waals surface area contributed by atoms with Gasteiger partial charge in [0.1, 0.15) is 29.0 Å². The highest BCUT2D eigenvalue weighted by Crippen LogP contribution is 2.31. The number of aryl methyl sites for hydroxylation is 3. The molecule has 2 heterocycles. The van der Waals surface area contributed by atoms with Gasteiger partial charge in [-0.15, -0.1) is 0 Å². The minimum Gasteiger partial charge on any atom is -0.480 e. The fourth-order valence-electron chi connectivity index (χ4n) is 4.83. The second-order valence-electron chi connectivity index (χ2n) is 10.1. The smallest absolute Gasteiger partial charge is 0.340 e. The van der Waals surface area contributed by atoms with Crippen LogP contribution in [0.4, 0.5) is 0 Å². The minimum absolute atomic E-state index is 0.108. The number of carboxylic acid groups (broad SMARTS) is 1. The summed E-state index contributed by atoms with van der Waals surface area (Å²) in [6.07, 6.45) is 1.57. The Bertz CT molecular complexity index is 1620. The first-order chi connectivity index (χ1) is 19.1. The van der Waals surface area contributed by atoms with Crippen LogP contribution < -0.4 is 16.3 Å². The number of furan rings is 1. The topological polar surface area (TPSA) is 139 Å². The molecule has 9 nitrogen and oxygen atoms in total. The number of carboxylic acids is 1. The Balaban J connectivity index is 1.53. The summed E-state index contributed by atoms with van der Waals surface area (Å²) in [7, 11) is 0. The van der Waals surface area contributed by atoms with Gasteiger partial charge in [-0.25, -0.2) is 9.59 Å². The highest BCUT2D eigenvalue weighted by Gasteiger charge is 2.27. The molecule has 2 aromatic heterocycles. The third-order valence-electron chi connectivity index (χ3n) is 7.32. The molecule has 0 unspecified atom stereocenters. The maximum absolute atomic E-state index is 13.1. The fourth-order valence-corrected chi connectivity index (χ4v) is 4.83. The van der Waals surface area contributed by atoms with Gasteiger partial charge in [-0.2, -0.15) is 0 Å². The maximum Gasteiger partial charge on any atom is 0.340 e. The molecule has 0 fully saturated rings. The summed E-state index contributed by atoms with van der Waals surface area (Å²) >= 11 is 0. The Morgan fingerprint density at radius 1 is 0.900 bits per heavy atom. The van der Waals surface area contributed by atoms with Crippen molar-refractivity contribution in [2.45, 2.75) is 71.9 Å². The molecular weight excluding hydrogens is 512 g/mol. The van der Waals surface area contributed by atoms with Gasteiger partial charge in [-0.3, -0.25) is 9.59 Å². The number of carbonyl (C=O) groups excluding carboxylic acids is 2. The molecule has 0 spiro atoms. The van der Waals surface area contributed by atoms with Crippen LogP contribution in [0.25, 0.3) is 21.9 Å². The number of hydrogen-bond donors (Lipinski definition) is 3. The van der Waals surface area contributed by atoms with E-state index in [-0.39, 0.29) is 18.4 Å². The summed E-state index contributed by atoms with van der Waals surface area (Å²) in [4.78, 5) is 51.0. The van der Waals surface area contributed by atoms with Gasteiger partial charge in [0.05, 0.1) is 12.0 Å². The van der Waals surface area contributed by atoms with Gasteiger partial charge in [0.15, 0.2) is 0 Å². The van der Waals surface area contributed by atoms with Gasteiger partial charge < -0.3 is 24.6 Å². The molecule has 2 aromatic carbocycles. The lowest BCUT2D eigenvalue weighted by Crippen LogP contribution is -2.52. The molecule has 0 bridgehead atoms. The average Bonchev–Trinajstić information content (AvgIpc) is 3.20. The number of unbranched alkanes of at least 4 members (excludes halogenated alkanes) is 1. The average molecular weight is 547 g/mol. The first-order valence-electron chi connectivity index (χ1n) is 13.4. The van der Waals surface area contributed by atoms with Crippen LogP contribution in [0, 0.1) is 20.8 Å². The van der Waals surface area contributed by atoms with E-state index in [0.29, 0.717) is 35.0 Å². The van der Waals surface area contributed by atoms with E-state index in [1.807, 2.05) is 32.9 Å². The van der Waals surface area contributed by atoms with Crippen molar-refractivity contribution in [3.63, 3.8) is 0 Å². The molecule has 2 amide bonds. The second-order valence-corrected chi connectivity index (χ2v) is 10.1. The summed E-state index contributed by atoms with van der Waals surface area (Å²) in [5.74, 6) is -1.51. The molecule has 2 atom stereocenters. The molecule has 0 aliphatic rings. The molecule has 3 N–H and O–H groups in total. The monoisotopic (exact) mass is 546 g/mol. The number of nitrogens with one attached hydrogen (secondary N) is 2. The van der Waals surface area contributed by atoms with E-state index in [9.17, 15) is 24.3 Å². The molecule has 9 heteroatoms. The van der Waals surface area contributed by atoms with Crippen LogP contribution in [0.3, 0.4) is 0 Å². The Morgan fingerprint density at radius 2 is 1.57 bits per heavy atom. The van der Waals surface area contributed by atoms with E-state index in [1.54, 1.807) is 37.3 Å². The highest BCUT2D eigenvalue weighted by molar-refractivity contribution is 5.97. The minimum atomic E-state index is -1.17. The zero-order valence-electron chi connectivity index (χ0n) is 23.1. The third-order valence-corrected chi connectivity index (χ3v) is 7.32. The van der Waals surface area contributed by atoms with Crippen LogP contribution in [-0.4, -0.2) is 35.0 Å². The van der Waals surface area contributed by atoms with Gasteiger partial charge >= 0.3 is 11.6 Å². The third kappa shape index (κ3) is 6.25. The summed E-state index contributed by atoms with van der Waals surface area (Å²) in [6.45, 7) is 7.53. The largest absolute Gasteiger partial charge is 0.480 e. The predicted molar refractivity (Wildman–Crippen MR) is 151 cm³/mol. The van der Waals surface area contributed by atoms with Crippen molar-refractivity contribution in [3.8, 4) is 0 Å². The molecule has 210 valence electrons. The Morgan fingerprint density at radius 3 is 2.25 bits per heavy atom. The molecule has 4 aromatic rings. The van der Waals surface area contributed by atoms with Gasteiger partial charge in [0, 0.05) is 23.3 Å². The van der Waals surface area contributed by atoms with Crippen molar-refractivity contribution in [3.05, 3.63) is 80.9 Å². The highest BCUT2D eigenvalue weighted by atomic mass is 16.4. The zero-order chi connectivity index (χ0) is 29.0. The van der Waals surface area contributed by atoms with Crippen LogP contribution in [0.1, 0.15) is 54.2 Å². The standard InChI is InChI=1S/C31H34N2O7/c1-5-6-12-24(29(35)33-25(30(36)37)13-20-10-8-7-9-11-20)32-28(34)15-23-18(3)22-14-21-17(2)19(4)39-26(21)16-27(22)40-31(23)38/h7-11,14,16,24-25H,5-6,12-13,15H2,1-4H3,(H,32,34)(H,33,35)(H,36,37)/t24-,25-/m0/s1. The van der Waals surface area contributed by atoms with Gasteiger partial charge in [-0.05, 0) is 49.9 Å². The summed E-state index contributed by atoms with van der Waals surface area (Å²) in [5, 5.41) is 16.6. The maximum atomic E-state index is 13.1. The van der Waals surface area contributed by atoms with E-state index in [2.05, 4.69) is 10.6 Å². The summed E-state index contributed by atoms with van der Waals surface area (Å²) in [6, 6.07) is 10.5. The Kier molecular flexibility index (Phi) is 8.72. The number of aliphatic carboxylic acids is 1. The fraction of sp³-hybridized carbons (Fsp3) is 0.355. The summed E-state index contributed by atoms with van der Waals surface area (Å²) < 4.78 is 11.3. The van der Waals surface area contributed by atoms with E-state index in [0.717, 1.165) is 28.7 Å². The van der Waals surface area contributed by atoms with E-state index in [4.69, 9.17) is 8.83 Å². The number of amides is 2. The number of carbonyl (C=O) groups is 3. The van der Waals surface area contributed by atoms with Crippen molar-refractivity contribution in [1.82, 2.24) is 10.6 Å². The first-order valence-corrected chi connectivity index (χ1v) is 13.4. The molecular formula is C31H34N2O7. The van der Waals surface area contributed by atoms with Crippen molar-refractivity contribution in [1.29, 1.82) is 0 Å². The number of fused-ring (bicyclic) bond motifs is 2. The first kappa shape index (κ1) is 28.6. The van der Waals surface area contributed by atoms with Crippen LogP contribution in [0.15, 0.2) is 56.1 Å². The molecule has 4 rings (SSSR count). The number of rotatable bonds is 11. The molecule has 0 radical (unpaired) electrons. The van der Waals surface area contributed by atoms with Gasteiger partial charge in [-0.1, -0.05) is 50.1 Å². The molecule has 40 heavy (non-hydrogen) atoms. The second kappa shape index (κ2) is 12.2. The van der Waals surface area contributed by atoms with Crippen LogP contribution in [0.2, 0.25) is 0 Å². The Labute approximate surface area is 231 Å². The lowest BCUT2D eigenvalue weighted by molar-refractivity contribution is -0.142. The lowest BCUT2D eigenvalue weighted by atomic mass is 10.0. The SMILES string of the molecule is CCCC[C@H](NC(=O)Cc1c(C)c2cc3c(C)c(C)oc3cc2oc1=O)C(=O)N[C@@H](Cc1ccccc1)C(=O)O. The molecule has 0 aliphatic heterocycles. The van der Waals surface area contributed by atoms with Crippen LogP contribution in [0.5, 0.6) is 0 Å². The number of hydrogen-bond acceptors (Lipinski definition) is 6. The molecule has 0 aliphatic carbocycles. The van der Waals surface area contributed by atoms with Crippen molar-refractivity contribution in [2.24, 2.45) is 0 Å². The lowest BCUT2D eigenvalue weighted by Gasteiger charge is -2.22. The van der Waals surface area contributed by atoms with Crippen molar-refractivity contribution in [2.75, 3.05) is 0 Å². The van der Waals surface area contributed by atoms with Gasteiger partial charge in [0.25, 0.3) is 0 Å². The van der Waals surface area contributed by atoms with Crippen LogP contribution in [-0.2, 0) is 27.2 Å². The number of benzene rings is 2. The van der Waals surface area contributed by atoms with E-state index in [1.165, 1.54) is 0 Å². The van der Waals surface area contributed by atoms with Crippen molar-refractivity contribution >= 4 is 39.7 Å². The molecule has 0 saturated heterocycles. The van der Waals surface area contributed by atoms with E-state index < -0.39 is 35.5 Å². The Hall–Kier alpha value is -4.40. The normalized spacial score (nSPS) is 12.8. The van der Waals surface area contributed by atoms with Crippen LogP contribution >= 0.6 is 0 Å². The summed E-state index contributed by atoms with van der Waals surface area (Å²) in [5.41, 5.74) is 2.91. The quantitative estimate of drug-likeness (QED) is 0.236. The van der Waals surface area contributed by atoms with Crippen molar-refractivity contribution < 1.29 is 28.3 Å². The zero-order valence-corrected chi connectivity index (χ0v) is 23.1. The van der Waals surface area contributed by atoms with Gasteiger partial charge in [0.2, 0.25) is 11.8 Å². The van der Waals surface area contributed by atoms with E-state index >= 15 is 0 Å². The molecule has 0 saturated carbocycles. The predicted octanol–water partition coefficient (Wildman–Crippen LogP) is 4.49.